The van der Waals surface area contributed by atoms with Crippen LogP contribution >= 0.6 is 11.3 Å². The fourth-order valence-electron chi connectivity index (χ4n) is 2.37. The summed E-state index contributed by atoms with van der Waals surface area (Å²) in [5, 5.41) is 11.4. The maximum absolute atomic E-state index is 12.0. The van der Waals surface area contributed by atoms with E-state index in [1.54, 1.807) is 10.5 Å². The maximum atomic E-state index is 12.0. The van der Waals surface area contributed by atoms with E-state index in [-0.39, 0.29) is 11.7 Å². The number of aliphatic hydroxyl groups excluding tert-OH is 1. The lowest BCUT2D eigenvalue weighted by molar-refractivity contribution is 0.174. The highest BCUT2D eigenvalue weighted by Crippen LogP contribution is 2.14. The Labute approximate surface area is 108 Å². The van der Waals surface area contributed by atoms with E-state index in [0.717, 1.165) is 29.3 Å². The van der Waals surface area contributed by atoms with Gasteiger partial charge in [-0.25, -0.2) is 4.98 Å². The molecule has 96 valence electrons. The highest BCUT2D eigenvalue weighted by molar-refractivity contribution is 7.15. The van der Waals surface area contributed by atoms with Gasteiger partial charge in [-0.1, -0.05) is 0 Å². The second kappa shape index (κ2) is 4.46. The van der Waals surface area contributed by atoms with Gasteiger partial charge in [0.05, 0.1) is 11.8 Å². The van der Waals surface area contributed by atoms with Crippen LogP contribution in [0.25, 0.3) is 4.96 Å². The van der Waals surface area contributed by atoms with E-state index in [1.165, 1.54) is 11.3 Å². The summed E-state index contributed by atoms with van der Waals surface area (Å²) in [7, 11) is 0. The van der Waals surface area contributed by atoms with Crippen molar-refractivity contribution in [3.63, 3.8) is 0 Å². The summed E-state index contributed by atoms with van der Waals surface area (Å²) in [6, 6.07) is 1.59. The number of aliphatic hydroxyl groups is 1. The average molecular weight is 265 g/mol. The number of aromatic nitrogens is 2. The normalized spacial score (nSPS) is 20.9. The third-order valence-corrected chi connectivity index (χ3v) is 4.21. The zero-order valence-corrected chi connectivity index (χ0v) is 11.0. The molecule has 0 radical (unpaired) electrons. The Hall–Kier alpha value is -1.24. The van der Waals surface area contributed by atoms with Crippen LogP contribution in [0.2, 0.25) is 0 Å². The molecular formula is C12H15N3O2S. The van der Waals surface area contributed by atoms with Gasteiger partial charge in [-0.15, -0.1) is 11.3 Å². The molecule has 0 spiro atoms. The van der Waals surface area contributed by atoms with Gasteiger partial charge in [0.15, 0.2) is 4.96 Å². The number of likely N-dealkylation sites (tertiary alicyclic amines) is 1. The van der Waals surface area contributed by atoms with Crippen molar-refractivity contribution >= 4 is 16.3 Å². The van der Waals surface area contributed by atoms with Gasteiger partial charge >= 0.3 is 0 Å². The molecule has 1 fully saturated rings. The first-order valence-electron chi connectivity index (χ1n) is 6.00. The number of hydrogen-bond donors (Lipinski definition) is 1. The summed E-state index contributed by atoms with van der Waals surface area (Å²) in [5.74, 6) is 0. The Morgan fingerprint density at radius 3 is 3.17 bits per heavy atom. The van der Waals surface area contributed by atoms with Crippen molar-refractivity contribution in [2.24, 2.45) is 0 Å². The van der Waals surface area contributed by atoms with Crippen LogP contribution in [0, 0.1) is 6.92 Å². The second-order valence-electron chi connectivity index (χ2n) is 4.76. The predicted octanol–water partition coefficient (Wildman–Crippen LogP) is 0.631. The maximum Gasteiger partial charge on any atom is 0.259 e. The number of aryl methyl sites for hydroxylation is 1. The molecule has 1 N–H and O–H groups in total. The zero-order chi connectivity index (χ0) is 12.7. The van der Waals surface area contributed by atoms with E-state index in [9.17, 15) is 9.90 Å². The number of thiazole rings is 1. The molecule has 0 saturated carbocycles. The smallest absolute Gasteiger partial charge is 0.259 e. The molecule has 2 aromatic heterocycles. The standard InChI is InChI=1S/C12H15N3O2S/c1-8-7-18-12-13-9(4-11(17)15(8)12)5-14-3-2-10(16)6-14/h4,7,10,16H,2-3,5-6H2,1H3. The van der Waals surface area contributed by atoms with E-state index in [4.69, 9.17) is 0 Å². The lowest BCUT2D eigenvalue weighted by Gasteiger charge is -2.13. The first kappa shape index (κ1) is 11.8. The first-order valence-corrected chi connectivity index (χ1v) is 6.88. The van der Waals surface area contributed by atoms with Gasteiger partial charge in [-0.3, -0.25) is 14.1 Å². The molecule has 18 heavy (non-hydrogen) atoms. The molecule has 0 aromatic carbocycles. The Morgan fingerprint density at radius 1 is 1.61 bits per heavy atom. The van der Waals surface area contributed by atoms with Gasteiger partial charge in [0.2, 0.25) is 0 Å². The molecular weight excluding hydrogens is 250 g/mol. The van der Waals surface area contributed by atoms with Gasteiger partial charge in [0, 0.05) is 36.8 Å². The van der Waals surface area contributed by atoms with Gasteiger partial charge in [0.25, 0.3) is 5.56 Å². The Kier molecular flexibility index (Phi) is 2.93. The summed E-state index contributed by atoms with van der Waals surface area (Å²) in [4.78, 5) is 19.4. The molecule has 2 aromatic rings. The molecule has 3 heterocycles. The molecule has 1 aliphatic heterocycles. The van der Waals surface area contributed by atoms with Crippen molar-refractivity contribution in [1.82, 2.24) is 14.3 Å². The number of nitrogens with zero attached hydrogens (tertiary/aromatic N) is 3. The van der Waals surface area contributed by atoms with Crippen LogP contribution < -0.4 is 5.56 Å². The van der Waals surface area contributed by atoms with Gasteiger partial charge < -0.3 is 5.11 Å². The molecule has 0 bridgehead atoms. The minimum absolute atomic E-state index is 0.0199. The van der Waals surface area contributed by atoms with Crippen molar-refractivity contribution in [1.29, 1.82) is 0 Å². The summed E-state index contributed by atoms with van der Waals surface area (Å²) >= 11 is 1.48. The minimum atomic E-state index is -0.237. The molecule has 3 rings (SSSR count). The predicted molar refractivity (Wildman–Crippen MR) is 70.0 cm³/mol. The van der Waals surface area contributed by atoms with E-state index >= 15 is 0 Å². The molecule has 1 atom stereocenters. The van der Waals surface area contributed by atoms with Crippen LogP contribution in [0.1, 0.15) is 17.8 Å². The van der Waals surface area contributed by atoms with Crippen LogP contribution in [0.3, 0.4) is 0 Å². The molecule has 5 nitrogen and oxygen atoms in total. The van der Waals surface area contributed by atoms with E-state index in [1.807, 2.05) is 12.3 Å². The van der Waals surface area contributed by atoms with Crippen molar-refractivity contribution in [3.05, 3.63) is 33.2 Å². The van der Waals surface area contributed by atoms with E-state index in [0.29, 0.717) is 13.1 Å². The van der Waals surface area contributed by atoms with Crippen LogP contribution in [-0.4, -0.2) is 38.6 Å². The van der Waals surface area contributed by atoms with Crippen LogP contribution in [-0.2, 0) is 6.54 Å². The highest BCUT2D eigenvalue weighted by Gasteiger charge is 2.20. The summed E-state index contributed by atoms with van der Waals surface area (Å²) in [5.41, 5.74) is 1.69. The molecule has 6 heteroatoms. The number of fused-ring (bicyclic) bond motifs is 1. The van der Waals surface area contributed by atoms with Gasteiger partial charge in [0.1, 0.15) is 0 Å². The SMILES string of the molecule is Cc1csc2nc(CN3CCC(O)C3)cc(=O)n12. The van der Waals surface area contributed by atoms with Crippen LogP contribution in [0.4, 0.5) is 0 Å². The first-order chi connectivity index (χ1) is 8.63. The molecule has 1 aliphatic rings. The summed E-state index contributed by atoms with van der Waals surface area (Å²) in [6.45, 7) is 4.08. The average Bonchev–Trinajstić information content (AvgIpc) is 2.86. The topological polar surface area (TPSA) is 57.8 Å². The van der Waals surface area contributed by atoms with E-state index in [2.05, 4.69) is 9.88 Å². The van der Waals surface area contributed by atoms with Crippen molar-refractivity contribution < 1.29 is 5.11 Å². The largest absolute Gasteiger partial charge is 0.392 e. The quantitative estimate of drug-likeness (QED) is 0.865. The van der Waals surface area contributed by atoms with Crippen LogP contribution in [0.5, 0.6) is 0 Å². The van der Waals surface area contributed by atoms with Gasteiger partial charge in [-0.2, -0.15) is 0 Å². The fraction of sp³-hybridized carbons (Fsp3) is 0.500. The van der Waals surface area contributed by atoms with Crippen LogP contribution in [0.15, 0.2) is 16.2 Å². The third-order valence-electron chi connectivity index (χ3n) is 3.26. The number of β-amino-alcohol motifs (C(OH)–C–C–N with tert-alkyl or cyclic N) is 1. The zero-order valence-electron chi connectivity index (χ0n) is 10.2. The Morgan fingerprint density at radius 2 is 2.44 bits per heavy atom. The summed E-state index contributed by atoms with van der Waals surface area (Å²) in [6.07, 6.45) is 0.568. The lowest BCUT2D eigenvalue weighted by atomic mass is 10.3. The van der Waals surface area contributed by atoms with E-state index < -0.39 is 0 Å². The van der Waals surface area contributed by atoms with Gasteiger partial charge in [-0.05, 0) is 13.3 Å². The molecule has 0 aliphatic carbocycles. The fourth-order valence-corrected chi connectivity index (χ4v) is 3.26. The van der Waals surface area contributed by atoms with Crippen molar-refractivity contribution in [2.45, 2.75) is 26.0 Å². The molecule has 1 saturated heterocycles. The second-order valence-corrected chi connectivity index (χ2v) is 5.59. The lowest BCUT2D eigenvalue weighted by Crippen LogP contribution is -2.24. The number of hydrogen-bond acceptors (Lipinski definition) is 5. The molecule has 1 unspecified atom stereocenters. The number of rotatable bonds is 2. The summed E-state index contributed by atoms with van der Waals surface area (Å²) < 4.78 is 1.63. The Bertz CT molecular complexity index is 634. The highest BCUT2D eigenvalue weighted by atomic mass is 32.1. The Balaban J connectivity index is 1.91. The van der Waals surface area contributed by atoms with Crippen molar-refractivity contribution in [2.75, 3.05) is 13.1 Å². The monoisotopic (exact) mass is 265 g/mol. The third kappa shape index (κ3) is 2.07. The minimum Gasteiger partial charge on any atom is -0.392 e. The van der Waals surface area contributed by atoms with Crippen molar-refractivity contribution in [3.8, 4) is 0 Å². The molecule has 0 amide bonds.